The molecule has 27 heavy (non-hydrogen) atoms. The molecule has 136 valence electrons. The van der Waals surface area contributed by atoms with Crippen LogP contribution in [0, 0.1) is 5.92 Å². The van der Waals surface area contributed by atoms with E-state index in [1.54, 1.807) is 4.90 Å². The van der Waals surface area contributed by atoms with E-state index in [9.17, 15) is 9.59 Å². The molecule has 1 aliphatic rings. The molecule has 2 amide bonds. The molecule has 1 unspecified atom stereocenters. The Morgan fingerprint density at radius 3 is 2.56 bits per heavy atom. The summed E-state index contributed by atoms with van der Waals surface area (Å²) in [7, 11) is 0. The molecule has 1 heterocycles. The summed E-state index contributed by atoms with van der Waals surface area (Å²) in [6, 6.07) is 24.0. The van der Waals surface area contributed by atoms with Crippen molar-refractivity contribution < 1.29 is 9.59 Å². The van der Waals surface area contributed by atoms with Crippen molar-refractivity contribution in [2.45, 2.75) is 12.8 Å². The molecule has 3 aromatic rings. The number of anilines is 1. The van der Waals surface area contributed by atoms with Gasteiger partial charge < -0.3 is 10.2 Å². The van der Waals surface area contributed by atoms with Crippen molar-refractivity contribution >= 4 is 28.3 Å². The van der Waals surface area contributed by atoms with Crippen LogP contribution in [0.1, 0.15) is 12.0 Å². The summed E-state index contributed by atoms with van der Waals surface area (Å²) in [6.07, 6.45) is 1.06. The Bertz CT molecular complexity index is 963. The van der Waals surface area contributed by atoms with E-state index >= 15 is 0 Å². The lowest BCUT2D eigenvalue weighted by Gasteiger charge is -2.19. The van der Waals surface area contributed by atoms with E-state index in [1.807, 2.05) is 72.8 Å². The van der Waals surface area contributed by atoms with Crippen LogP contribution in [-0.2, 0) is 16.0 Å². The highest BCUT2D eigenvalue weighted by Gasteiger charge is 2.35. The fourth-order valence-corrected chi connectivity index (χ4v) is 3.68. The number of fused-ring (bicyclic) bond motifs is 1. The monoisotopic (exact) mass is 358 g/mol. The highest BCUT2D eigenvalue weighted by molar-refractivity contribution is 6.06. The number of amides is 2. The van der Waals surface area contributed by atoms with E-state index in [0.29, 0.717) is 13.1 Å². The maximum atomic E-state index is 12.6. The zero-order valence-electron chi connectivity index (χ0n) is 15.1. The second-order valence-corrected chi connectivity index (χ2v) is 6.93. The van der Waals surface area contributed by atoms with Crippen LogP contribution in [0.4, 0.5) is 5.69 Å². The summed E-state index contributed by atoms with van der Waals surface area (Å²) in [6.45, 7) is 1.02. The molecule has 1 saturated heterocycles. The molecule has 0 radical (unpaired) electrons. The normalized spacial score (nSPS) is 16.7. The molecule has 4 heteroatoms. The Labute approximate surface area is 158 Å². The van der Waals surface area contributed by atoms with Crippen molar-refractivity contribution in [2.75, 3.05) is 18.0 Å². The van der Waals surface area contributed by atoms with Gasteiger partial charge in [0.1, 0.15) is 0 Å². The van der Waals surface area contributed by atoms with E-state index in [1.165, 1.54) is 5.56 Å². The standard InChI is InChI=1S/C23H22N2O2/c26-22-15-19(23(27)24-14-13-17-7-2-1-3-8-17)16-25(22)21-12-6-10-18-9-4-5-11-20(18)21/h1-12,19H,13-16H2,(H,24,27). The first-order valence-corrected chi connectivity index (χ1v) is 9.32. The summed E-state index contributed by atoms with van der Waals surface area (Å²) < 4.78 is 0. The van der Waals surface area contributed by atoms with Crippen LogP contribution in [0.5, 0.6) is 0 Å². The number of carbonyl (C=O) groups excluding carboxylic acids is 2. The van der Waals surface area contributed by atoms with Crippen LogP contribution in [0.3, 0.4) is 0 Å². The number of hydrogen-bond donors (Lipinski definition) is 1. The van der Waals surface area contributed by atoms with Crippen LogP contribution in [-0.4, -0.2) is 24.9 Å². The van der Waals surface area contributed by atoms with Crippen LogP contribution in [0.2, 0.25) is 0 Å². The molecular weight excluding hydrogens is 336 g/mol. The summed E-state index contributed by atoms with van der Waals surface area (Å²) in [5, 5.41) is 5.12. The smallest absolute Gasteiger partial charge is 0.227 e. The van der Waals surface area contributed by atoms with Gasteiger partial charge in [0.25, 0.3) is 0 Å². The molecule has 1 atom stereocenters. The van der Waals surface area contributed by atoms with E-state index in [4.69, 9.17) is 0 Å². The fraction of sp³-hybridized carbons (Fsp3) is 0.217. The largest absolute Gasteiger partial charge is 0.355 e. The van der Waals surface area contributed by atoms with E-state index in [-0.39, 0.29) is 24.2 Å². The van der Waals surface area contributed by atoms with Gasteiger partial charge in [-0.05, 0) is 23.4 Å². The van der Waals surface area contributed by atoms with E-state index in [0.717, 1.165) is 22.9 Å². The number of carbonyl (C=O) groups is 2. The highest BCUT2D eigenvalue weighted by Crippen LogP contribution is 2.31. The molecule has 4 nitrogen and oxygen atoms in total. The third kappa shape index (κ3) is 3.70. The molecule has 0 aromatic heterocycles. The highest BCUT2D eigenvalue weighted by atomic mass is 16.2. The Balaban J connectivity index is 1.42. The van der Waals surface area contributed by atoms with Gasteiger partial charge >= 0.3 is 0 Å². The Morgan fingerprint density at radius 2 is 1.70 bits per heavy atom. The quantitative estimate of drug-likeness (QED) is 0.758. The first-order chi connectivity index (χ1) is 13.2. The van der Waals surface area contributed by atoms with Gasteiger partial charge in [0.05, 0.1) is 11.6 Å². The molecule has 3 aromatic carbocycles. The van der Waals surface area contributed by atoms with Gasteiger partial charge in [-0.25, -0.2) is 0 Å². The Kier molecular flexibility index (Phi) is 4.88. The number of benzene rings is 3. The van der Waals surface area contributed by atoms with Gasteiger partial charge in [0.15, 0.2) is 0 Å². The summed E-state index contributed by atoms with van der Waals surface area (Å²) in [4.78, 5) is 26.9. The van der Waals surface area contributed by atoms with Crippen molar-refractivity contribution in [3.05, 3.63) is 78.4 Å². The molecule has 0 spiro atoms. The molecule has 0 aliphatic carbocycles. The van der Waals surface area contributed by atoms with E-state index in [2.05, 4.69) is 5.32 Å². The first-order valence-electron chi connectivity index (χ1n) is 9.32. The Hall–Kier alpha value is -3.14. The third-order valence-electron chi connectivity index (χ3n) is 5.11. The third-order valence-corrected chi connectivity index (χ3v) is 5.11. The van der Waals surface area contributed by atoms with Crippen LogP contribution >= 0.6 is 0 Å². The minimum atomic E-state index is -0.299. The van der Waals surface area contributed by atoms with E-state index < -0.39 is 0 Å². The van der Waals surface area contributed by atoms with Crippen molar-refractivity contribution in [3.63, 3.8) is 0 Å². The molecule has 1 N–H and O–H groups in total. The van der Waals surface area contributed by atoms with Crippen molar-refractivity contribution in [1.29, 1.82) is 0 Å². The molecule has 1 fully saturated rings. The Morgan fingerprint density at radius 1 is 0.963 bits per heavy atom. The number of rotatable bonds is 5. The zero-order valence-corrected chi connectivity index (χ0v) is 15.1. The van der Waals surface area contributed by atoms with Gasteiger partial charge in [0.2, 0.25) is 11.8 Å². The minimum Gasteiger partial charge on any atom is -0.355 e. The van der Waals surface area contributed by atoms with Crippen molar-refractivity contribution in [3.8, 4) is 0 Å². The van der Waals surface area contributed by atoms with Crippen molar-refractivity contribution in [1.82, 2.24) is 5.32 Å². The summed E-state index contributed by atoms with van der Waals surface area (Å²) in [5.41, 5.74) is 2.08. The first kappa shape index (κ1) is 17.3. The topological polar surface area (TPSA) is 49.4 Å². The maximum Gasteiger partial charge on any atom is 0.227 e. The number of hydrogen-bond acceptors (Lipinski definition) is 2. The second-order valence-electron chi connectivity index (χ2n) is 6.93. The predicted octanol–water partition coefficient (Wildman–Crippen LogP) is 3.55. The average Bonchev–Trinajstić information content (AvgIpc) is 3.10. The van der Waals surface area contributed by atoms with Crippen LogP contribution in [0.25, 0.3) is 10.8 Å². The zero-order chi connectivity index (χ0) is 18.6. The fourth-order valence-electron chi connectivity index (χ4n) is 3.68. The van der Waals surface area contributed by atoms with Gasteiger partial charge in [0, 0.05) is 24.9 Å². The van der Waals surface area contributed by atoms with Gasteiger partial charge in [-0.1, -0.05) is 66.7 Å². The lowest BCUT2D eigenvalue weighted by Crippen LogP contribution is -2.34. The predicted molar refractivity (Wildman–Crippen MR) is 108 cm³/mol. The van der Waals surface area contributed by atoms with Gasteiger partial charge in [-0.2, -0.15) is 0 Å². The molecule has 4 rings (SSSR count). The second kappa shape index (κ2) is 7.62. The van der Waals surface area contributed by atoms with Crippen molar-refractivity contribution in [2.24, 2.45) is 5.92 Å². The van der Waals surface area contributed by atoms with Crippen LogP contribution in [0.15, 0.2) is 72.8 Å². The average molecular weight is 358 g/mol. The van der Waals surface area contributed by atoms with Crippen LogP contribution < -0.4 is 10.2 Å². The SMILES string of the molecule is O=C(NCCc1ccccc1)C1CC(=O)N(c2cccc3ccccc23)C1. The number of nitrogens with zero attached hydrogens (tertiary/aromatic N) is 1. The molecule has 0 saturated carbocycles. The van der Waals surface area contributed by atoms with Gasteiger partial charge in [-0.3, -0.25) is 9.59 Å². The molecular formula is C23H22N2O2. The molecule has 1 aliphatic heterocycles. The lowest BCUT2D eigenvalue weighted by molar-refractivity contribution is -0.126. The maximum absolute atomic E-state index is 12.6. The number of nitrogens with one attached hydrogen (secondary N) is 1. The summed E-state index contributed by atoms with van der Waals surface area (Å²) in [5.74, 6) is -0.330. The summed E-state index contributed by atoms with van der Waals surface area (Å²) >= 11 is 0. The minimum absolute atomic E-state index is 0.00885. The lowest BCUT2D eigenvalue weighted by atomic mass is 10.1. The molecule has 0 bridgehead atoms. The van der Waals surface area contributed by atoms with Gasteiger partial charge in [-0.15, -0.1) is 0 Å².